The lowest BCUT2D eigenvalue weighted by atomic mass is 9.91. The number of nitrogens with two attached hydrogens (primary N) is 2. The first kappa shape index (κ1) is 11.3. The van der Waals surface area contributed by atoms with Crippen molar-refractivity contribution < 1.29 is 0 Å². The second kappa shape index (κ2) is 6.68. The number of hydrogen-bond donors (Lipinski definition) is 2. The molecular weight excluding hydrogens is 174 g/mol. The number of nitrogens with zero attached hydrogens (tertiary/aromatic N) is 1. The zero-order chi connectivity index (χ0) is 10.2. The molecule has 0 aromatic rings. The van der Waals surface area contributed by atoms with E-state index in [0.717, 1.165) is 0 Å². The predicted octanol–water partition coefficient (Wildman–Crippen LogP) is 2.36. The van der Waals surface area contributed by atoms with Crippen molar-refractivity contribution in [3.8, 4) is 0 Å². The van der Waals surface area contributed by atoms with E-state index in [1.54, 1.807) is 0 Å². The fourth-order valence-electron chi connectivity index (χ4n) is 2.21. The Balaban J connectivity index is 2.38. The lowest BCUT2D eigenvalue weighted by Gasteiger charge is -2.17. The number of hydrazone groups is 1. The molecule has 0 heterocycles. The fourth-order valence-corrected chi connectivity index (χ4v) is 2.21. The molecule has 0 aromatic carbocycles. The second-order valence-corrected chi connectivity index (χ2v) is 4.30. The van der Waals surface area contributed by atoms with Crippen molar-refractivity contribution in [2.75, 3.05) is 0 Å². The molecule has 0 amide bonds. The van der Waals surface area contributed by atoms with Crippen LogP contribution in [0.15, 0.2) is 5.10 Å². The second-order valence-electron chi connectivity index (χ2n) is 4.30. The molecule has 1 saturated carbocycles. The lowest BCUT2D eigenvalue weighted by molar-refractivity contribution is 0.457. The van der Waals surface area contributed by atoms with E-state index in [0.29, 0.717) is 11.8 Å². The van der Waals surface area contributed by atoms with Crippen LogP contribution in [0.3, 0.4) is 0 Å². The van der Waals surface area contributed by atoms with Gasteiger partial charge >= 0.3 is 0 Å². The van der Waals surface area contributed by atoms with Gasteiger partial charge in [0.05, 0.1) is 0 Å². The summed E-state index contributed by atoms with van der Waals surface area (Å²) < 4.78 is 0. The highest BCUT2D eigenvalue weighted by atomic mass is 15.2. The maximum atomic E-state index is 5.78. The molecule has 1 rings (SSSR count). The number of hydrogen-bond acceptors (Lipinski definition) is 2. The van der Waals surface area contributed by atoms with E-state index in [1.807, 2.05) is 0 Å². The van der Waals surface area contributed by atoms with Crippen LogP contribution in [-0.2, 0) is 0 Å². The van der Waals surface area contributed by atoms with Crippen LogP contribution in [0.5, 0.6) is 0 Å². The van der Waals surface area contributed by atoms with Gasteiger partial charge in [-0.25, -0.2) is 0 Å². The van der Waals surface area contributed by atoms with E-state index < -0.39 is 0 Å². The van der Waals surface area contributed by atoms with E-state index in [-0.39, 0.29) is 0 Å². The quantitative estimate of drug-likeness (QED) is 0.293. The molecule has 1 aliphatic carbocycles. The summed E-state index contributed by atoms with van der Waals surface area (Å²) >= 11 is 0. The molecule has 0 radical (unpaired) electrons. The molecule has 0 unspecified atom stereocenters. The Kier molecular flexibility index (Phi) is 5.42. The van der Waals surface area contributed by atoms with E-state index in [2.05, 4.69) is 5.10 Å². The average molecular weight is 197 g/mol. The Labute approximate surface area is 86.9 Å². The Hall–Kier alpha value is -0.730. The summed E-state index contributed by atoms with van der Waals surface area (Å²) in [5.74, 6) is 6.33. The minimum atomic E-state index is 0.443. The van der Waals surface area contributed by atoms with Crippen LogP contribution < -0.4 is 11.6 Å². The fraction of sp³-hybridized carbons (Fsp3) is 0.909. The van der Waals surface area contributed by atoms with Gasteiger partial charge in [-0.2, -0.15) is 5.10 Å². The van der Waals surface area contributed by atoms with E-state index in [1.165, 1.54) is 57.8 Å². The van der Waals surface area contributed by atoms with Gasteiger partial charge in [-0.15, -0.1) is 0 Å². The third kappa shape index (κ3) is 3.99. The molecule has 0 spiro atoms. The minimum absolute atomic E-state index is 0.443. The van der Waals surface area contributed by atoms with Crippen molar-refractivity contribution in [3.63, 3.8) is 0 Å². The Morgan fingerprint density at radius 3 is 1.71 bits per heavy atom. The van der Waals surface area contributed by atoms with E-state index in [9.17, 15) is 0 Å². The van der Waals surface area contributed by atoms with Gasteiger partial charge in [-0.3, -0.25) is 0 Å². The molecule has 4 N–H and O–H groups in total. The maximum Gasteiger partial charge on any atom is 0.122 e. The average Bonchev–Trinajstić information content (AvgIpc) is 2.24. The molecule has 1 fully saturated rings. The summed E-state index contributed by atoms with van der Waals surface area (Å²) in [6.45, 7) is 0. The van der Waals surface area contributed by atoms with Crippen LogP contribution in [0.1, 0.15) is 57.8 Å². The zero-order valence-corrected chi connectivity index (χ0v) is 9.04. The summed E-state index contributed by atoms with van der Waals surface area (Å²) in [5, 5.41) is 3.63. The standard InChI is InChI=1S/C11H23N3/c12-11(14-13)10-8-6-4-2-1-3-5-7-9-10/h10H,1-9,13H2,(H2,12,14). The van der Waals surface area contributed by atoms with Crippen LogP contribution in [0.25, 0.3) is 0 Å². The largest absolute Gasteiger partial charge is 0.386 e. The third-order valence-corrected chi connectivity index (χ3v) is 3.17. The SMILES string of the molecule is N/N=C(\N)C1CCCCCCCCC1. The molecule has 82 valence electrons. The third-order valence-electron chi connectivity index (χ3n) is 3.17. The lowest BCUT2D eigenvalue weighted by Crippen LogP contribution is -2.25. The van der Waals surface area contributed by atoms with Gasteiger partial charge in [0.1, 0.15) is 5.84 Å². The Morgan fingerprint density at radius 1 is 0.857 bits per heavy atom. The van der Waals surface area contributed by atoms with Crippen molar-refractivity contribution in [2.24, 2.45) is 22.6 Å². The summed E-state index contributed by atoms with van der Waals surface area (Å²) in [5.41, 5.74) is 5.78. The maximum absolute atomic E-state index is 5.78. The molecular formula is C11H23N3. The summed E-state index contributed by atoms with van der Waals surface area (Å²) in [4.78, 5) is 0. The first-order valence-electron chi connectivity index (χ1n) is 5.88. The van der Waals surface area contributed by atoms with Gasteiger partial charge in [-0.05, 0) is 12.8 Å². The topological polar surface area (TPSA) is 64.4 Å². The number of rotatable bonds is 1. The van der Waals surface area contributed by atoms with Gasteiger partial charge in [0.2, 0.25) is 0 Å². The zero-order valence-electron chi connectivity index (χ0n) is 9.04. The molecule has 0 aliphatic heterocycles. The van der Waals surface area contributed by atoms with Crippen LogP contribution >= 0.6 is 0 Å². The summed E-state index contributed by atoms with van der Waals surface area (Å²) in [6.07, 6.45) is 11.8. The van der Waals surface area contributed by atoms with Gasteiger partial charge < -0.3 is 11.6 Å². The van der Waals surface area contributed by atoms with Crippen LogP contribution in [0.4, 0.5) is 0 Å². The molecule has 14 heavy (non-hydrogen) atoms. The monoisotopic (exact) mass is 197 g/mol. The molecule has 1 aliphatic rings. The van der Waals surface area contributed by atoms with Crippen LogP contribution in [0, 0.1) is 5.92 Å². The van der Waals surface area contributed by atoms with Crippen molar-refractivity contribution in [1.29, 1.82) is 0 Å². The van der Waals surface area contributed by atoms with Crippen LogP contribution in [0.2, 0.25) is 0 Å². The molecule has 0 atom stereocenters. The minimum Gasteiger partial charge on any atom is -0.386 e. The highest BCUT2D eigenvalue weighted by Gasteiger charge is 2.13. The molecule has 3 heteroatoms. The van der Waals surface area contributed by atoms with E-state index in [4.69, 9.17) is 11.6 Å². The predicted molar refractivity (Wildman–Crippen MR) is 60.9 cm³/mol. The molecule has 0 aromatic heterocycles. The van der Waals surface area contributed by atoms with E-state index >= 15 is 0 Å². The first-order chi connectivity index (χ1) is 6.84. The van der Waals surface area contributed by atoms with Crippen molar-refractivity contribution in [1.82, 2.24) is 0 Å². The van der Waals surface area contributed by atoms with Gasteiger partial charge in [0, 0.05) is 5.92 Å². The first-order valence-corrected chi connectivity index (χ1v) is 5.88. The molecule has 0 bridgehead atoms. The van der Waals surface area contributed by atoms with Gasteiger partial charge in [-0.1, -0.05) is 44.9 Å². The normalized spacial score (nSPS) is 23.3. The van der Waals surface area contributed by atoms with Gasteiger partial charge in [0.15, 0.2) is 0 Å². The summed E-state index contributed by atoms with van der Waals surface area (Å²) in [7, 11) is 0. The smallest absolute Gasteiger partial charge is 0.122 e. The van der Waals surface area contributed by atoms with Crippen molar-refractivity contribution in [2.45, 2.75) is 57.8 Å². The van der Waals surface area contributed by atoms with Gasteiger partial charge in [0.25, 0.3) is 0 Å². The molecule has 0 saturated heterocycles. The van der Waals surface area contributed by atoms with Crippen molar-refractivity contribution in [3.05, 3.63) is 0 Å². The summed E-state index contributed by atoms with van der Waals surface area (Å²) in [6, 6.07) is 0. The van der Waals surface area contributed by atoms with Crippen molar-refractivity contribution >= 4 is 5.84 Å². The van der Waals surface area contributed by atoms with Crippen LogP contribution in [-0.4, -0.2) is 5.84 Å². The number of amidine groups is 1. The highest BCUT2D eigenvalue weighted by Crippen LogP contribution is 2.21. The Morgan fingerprint density at radius 2 is 1.29 bits per heavy atom. The molecule has 3 nitrogen and oxygen atoms in total. The Bertz CT molecular complexity index is 167. The highest BCUT2D eigenvalue weighted by molar-refractivity contribution is 5.82.